The van der Waals surface area contributed by atoms with E-state index in [-0.39, 0.29) is 17.1 Å². The number of fused-ring (bicyclic) bond motifs is 1. The van der Waals surface area contributed by atoms with Crippen LogP contribution in [0.15, 0.2) is 26.6 Å². The Kier molecular flexibility index (Phi) is 2.94. The summed E-state index contributed by atoms with van der Waals surface area (Å²) >= 11 is 1.42. The third-order valence-electron chi connectivity index (χ3n) is 3.17. The number of hydrogen-bond donors (Lipinski definition) is 1. The van der Waals surface area contributed by atoms with Crippen LogP contribution in [-0.2, 0) is 20.1 Å². The van der Waals surface area contributed by atoms with Crippen molar-refractivity contribution in [2.75, 3.05) is 0 Å². The van der Waals surface area contributed by atoms with Crippen LogP contribution in [0.3, 0.4) is 0 Å². The highest BCUT2D eigenvalue weighted by Crippen LogP contribution is 2.27. The Morgan fingerprint density at radius 2 is 2.05 bits per heavy atom. The van der Waals surface area contributed by atoms with Crippen LogP contribution in [0, 0.1) is 0 Å². The summed E-state index contributed by atoms with van der Waals surface area (Å²) in [6.07, 6.45) is 3.76. The Hall–Kier alpha value is -1.96. The zero-order valence-corrected chi connectivity index (χ0v) is 11.3. The molecule has 19 heavy (non-hydrogen) atoms. The fourth-order valence-electron chi connectivity index (χ4n) is 2.14. The lowest BCUT2D eigenvalue weighted by Crippen LogP contribution is -2.26. The molecule has 0 aromatic carbocycles. The van der Waals surface area contributed by atoms with Crippen molar-refractivity contribution in [3.05, 3.63) is 21.9 Å². The van der Waals surface area contributed by atoms with Crippen LogP contribution in [0.25, 0.3) is 0 Å². The second-order valence-corrected chi connectivity index (χ2v) is 5.30. The van der Waals surface area contributed by atoms with Gasteiger partial charge >= 0.3 is 10.7 Å². The molecule has 1 aliphatic rings. The number of azo groups is 1. The highest BCUT2D eigenvalue weighted by molar-refractivity contribution is 7.12. The van der Waals surface area contributed by atoms with Gasteiger partial charge in [-0.25, -0.2) is 13.9 Å². The van der Waals surface area contributed by atoms with Crippen molar-refractivity contribution in [2.24, 2.45) is 17.3 Å². The average molecular weight is 280 g/mol. The maximum absolute atomic E-state index is 12.1. The number of aryl methyl sites for hydroxylation is 1. The molecule has 3 rings (SSSR count). The van der Waals surface area contributed by atoms with Gasteiger partial charge in [0, 0.05) is 18.5 Å². The molecular weight excluding hydrogens is 266 g/mol. The molecule has 3 heterocycles. The molecule has 1 N–H and O–H groups in total. The number of nitrogens with zero attached hydrogens (tertiary/aromatic N) is 5. The molecule has 0 spiro atoms. The van der Waals surface area contributed by atoms with Crippen molar-refractivity contribution >= 4 is 22.2 Å². The van der Waals surface area contributed by atoms with E-state index in [2.05, 4.69) is 10.2 Å². The predicted molar refractivity (Wildman–Crippen MR) is 69.3 cm³/mol. The number of hydrogen-bond acceptors (Lipinski definition) is 5. The van der Waals surface area contributed by atoms with E-state index >= 15 is 0 Å². The van der Waals surface area contributed by atoms with Crippen LogP contribution in [0.5, 0.6) is 5.88 Å². The van der Waals surface area contributed by atoms with E-state index in [0.29, 0.717) is 18.2 Å². The fraction of sp³-hybridized carbons (Fsp3) is 0.455. The summed E-state index contributed by atoms with van der Waals surface area (Å²) in [5, 5.41) is 20.5. The van der Waals surface area contributed by atoms with Gasteiger partial charge in [0.1, 0.15) is 6.20 Å². The standard InChI is InChI=1S/C11H13N5O2S/c1-14-6-7-19-11(14)13-12-8-9(17)15-4-2-3-5-16(15)10(8)18/h6-7H,2-5H2,1H3/p+1. The summed E-state index contributed by atoms with van der Waals surface area (Å²) in [7, 11) is 1.85. The molecule has 0 fully saturated rings. The summed E-state index contributed by atoms with van der Waals surface area (Å²) in [4.78, 5) is 12.1. The number of aromatic hydroxyl groups is 1. The smallest absolute Gasteiger partial charge is 0.408 e. The maximum Gasteiger partial charge on any atom is 0.408 e. The molecule has 0 saturated heterocycles. The van der Waals surface area contributed by atoms with Crippen LogP contribution in [0.2, 0.25) is 0 Å². The molecule has 100 valence electrons. The summed E-state index contributed by atoms with van der Waals surface area (Å²) in [6, 6.07) is 0. The van der Waals surface area contributed by atoms with Gasteiger partial charge in [0.15, 0.2) is 0 Å². The summed E-state index contributed by atoms with van der Waals surface area (Å²) in [5.41, 5.74) is -0.254. The molecule has 8 heteroatoms. The predicted octanol–water partition coefficient (Wildman–Crippen LogP) is 1.45. The lowest BCUT2D eigenvalue weighted by molar-refractivity contribution is -0.654. The Morgan fingerprint density at radius 3 is 2.68 bits per heavy atom. The van der Waals surface area contributed by atoms with Crippen molar-refractivity contribution in [3.8, 4) is 5.88 Å². The molecule has 0 amide bonds. The molecule has 2 aromatic rings. The molecule has 0 bridgehead atoms. The van der Waals surface area contributed by atoms with Crippen LogP contribution >= 0.6 is 11.3 Å². The fourth-order valence-corrected chi connectivity index (χ4v) is 2.82. The monoisotopic (exact) mass is 280 g/mol. The molecule has 0 saturated carbocycles. The van der Waals surface area contributed by atoms with E-state index in [1.807, 2.05) is 18.6 Å². The van der Waals surface area contributed by atoms with E-state index in [0.717, 1.165) is 12.8 Å². The zero-order chi connectivity index (χ0) is 13.4. The molecular formula is C11H14N5O2S+. The molecule has 0 radical (unpaired) electrons. The van der Waals surface area contributed by atoms with E-state index in [9.17, 15) is 9.90 Å². The van der Waals surface area contributed by atoms with E-state index < -0.39 is 0 Å². The average Bonchev–Trinajstić information content (AvgIpc) is 2.93. The van der Waals surface area contributed by atoms with Crippen LogP contribution in [0.4, 0.5) is 10.8 Å². The molecule has 0 atom stereocenters. The third kappa shape index (κ3) is 1.97. The highest BCUT2D eigenvalue weighted by Gasteiger charge is 2.23. The minimum absolute atomic E-state index is 0.0234. The minimum atomic E-state index is -0.278. The first-order chi connectivity index (χ1) is 9.18. The van der Waals surface area contributed by atoms with Crippen LogP contribution < -0.4 is 10.1 Å². The molecule has 0 unspecified atom stereocenters. The van der Waals surface area contributed by atoms with Crippen molar-refractivity contribution in [2.45, 2.75) is 25.9 Å². The second-order valence-electron chi connectivity index (χ2n) is 4.43. The van der Waals surface area contributed by atoms with Gasteiger partial charge in [-0.3, -0.25) is 4.79 Å². The van der Waals surface area contributed by atoms with E-state index in [1.165, 1.54) is 16.0 Å². The summed E-state index contributed by atoms with van der Waals surface area (Å²) < 4.78 is 4.91. The largest absolute Gasteiger partial charge is 0.492 e. The normalized spacial score (nSPS) is 15.0. The Morgan fingerprint density at radius 1 is 1.32 bits per heavy atom. The maximum atomic E-state index is 12.1. The molecule has 0 aliphatic carbocycles. The SMILES string of the molecule is C[n+]1ccsc1/N=N/c1c(O)n2n(c1=O)CCCC2. The minimum Gasteiger partial charge on any atom is -0.492 e. The van der Waals surface area contributed by atoms with E-state index in [1.54, 1.807) is 9.25 Å². The first-order valence-corrected chi connectivity index (χ1v) is 6.94. The quantitative estimate of drug-likeness (QED) is 0.667. The Labute approximate surface area is 113 Å². The summed E-state index contributed by atoms with van der Waals surface area (Å²) in [5.74, 6) is -0.0901. The van der Waals surface area contributed by atoms with Crippen LogP contribution in [0.1, 0.15) is 12.8 Å². The Balaban J connectivity index is 2.02. The van der Waals surface area contributed by atoms with Crippen molar-refractivity contribution in [1.29, 1.82) is 0 Å². The van der Waals surface area contributed by atoms with Gasteiger partial charge in [-0.1, -0.05) is 0 Å². The van der Waals surface area contributed by atoms with Gasteiger partial charge < -0.3 is 5.11 Å². The Bertz CT molecular complexity index is 696. The van der Waals surface area contributed by atoms with Gasteiger partial charge in [-0.05, 0) is 29.3 Å². The lowest BCUT2D eigenvalue weighted by atomic mass is 10.3. The third-order valence-corrected chi connectivity index (χ3v) is 4.01. The van der Waals surface area contributed by atoms with Gasteiger partial charge in [0.05, 0.1) is 12.2 Å². The first kappa shape index (κ1) is 12.1. The number of rotatable bonds is 2. The van der Waals surface area contributed by atoms with Gasteiger partial charge in [-0.15, -0.1) is 0 Å². The number of thiazole rings is 1. The van der Waals surface area contributed by atoms with Crippen molar-refractivity contribution in [1.82, 2.24) is 9.36 Å². The lowest BCUT2D eigenvalue weighted by Gasteiger charge is -2.16. The topological polar surface area (TPSA) is 75.8 Å². The molecule has 7 nitrogen and oxygen atoms in total. The summed E-state index contributed by atoms with van der Waals surface area (Å²) in [6.45, 7) is 1.26. The first-order valence-electron chi connectivity index (χ1n) is 6.06. The molecule has 1 aliphatic heterocycles. The van der Waals surface area contributed by atoms with Gasteiger partial charge in [0.25, 0.3) is 0 Å². The van der Waals surface area contributed by atoms with E-state index in [4.69, 9.17) is 0 Å². The van der Waals surface area contributed by atoms with Gasteiger partial charge in [-0.2, -0.15) is 0 Å². The van der Waals surface area contributed by atoms with Crippen molar-refractivity contribution in [3.63, 3.8) is 0 Å². The molecule has 2 aromatic heterocycles. The van der Waals surface area contributed by atoms with Gasteiger partial charge in [0.2, 0.25) is 11.6 Å². The number of aromatic nitrogens is 3. The zero-order valence-electron chi connectivity index (χ0n) is 10.5. The second kappa shape index (κ2) is 4.61. The van der Waals surface area contributed by atoms with Crippen LogP contribution in [-0.4, -0.2) is 14.5 Å². The highest BCUT2D eigenvalue weighted by atomic mass is 32.1. The van der Waals surface area contributed by atoms with Crippen molar-refractivity contribution < 1.29 is 9.67 Å².